The molecule has 31 heavy (non-hydrogen) atoms. The zero-order valence-electron chi connectivity index (χ0n) is 17.4. The van der Waals surface area contributed by atoms with Gasteiger partial charge >= 0.3 is 0 Å². The fourth-order valence-electron chi connectivity index (χ4n) is 4.38. The zero-order valence-corrected chi connectivity index (χ0v) is 17.4. The van der Waals surface area contributed by atoms with Gasteiger partial charge in [0.25, 0.3) is 0 Å². The number of benzene rings is 2. The summed E-state index contributed by atoms with van der Waals surface area (Å²) in [4.78, 5) is 9.85. The van der Waals surface area contributed by atoms with Crippen LogP contribution in [0.15, 0.2) is 67.0 Å². The van der Waals surface area contributed by atoms with E-state index in [2.05, 4.69) is 14.9 Å². The molecule has 1 saturated heterocycles. The molecule has 0 spiro atoms. The van der Waals surface area contributed by atoms with Crippen LogP contribution in [0.25, 0.3) is 21.8 Å². The third-order valence-corrected chi connectivity index (χ3v) is 6.25. The van der Waals surface area contributed by atoms with E-state index in [1.54, 1.807) is 6.20 Å². The Labute approximate surface area is 181 Å². The maximum atomic E-state index is 11.2. The second-order valence-corrected chi connectivity index (χ2v) is 8.44. The molecule has 1 aliphatic heterocycles. The van der Waals surface area contributed by atoms with Crippen LogP contribution in [0, 0.1) is 0 Å². The monoisotopic (exact) mass is 417 g/mol. The molecule has 5 rings (SSSR count). The van der Waals surface area contributed by atoms with Crippen LogP contribution in [-0.2, 0) is 5.60 Å². The van der Waals surface area contributed by atoms with Crippen LogP contribution in [0.2, 0.25) is 0 Å². The highest BCUT2D eigenvalue weighted by molar-refractivity contribution is 5.80. The van der Waals surface area contributed by atoms with E-state index in [4.69, 9.17) is 4.74 Å². The van der Waals surface area contributed by atoms with Crippen LogP contribution in [0.1, 0.15) is 18.4 Å². The number of aromatic nitrogens is 2. The maximum absolute atomic E-state index is 11.2. The molecule has 4 aromatic rings. The van der Waals surface area contributed by atoms with E-state index in [0.29, 0.717) is 19.4 Å². The van der Waals surface area contributed by atoms with Gasteiger partial charge in [-0.05, 0) is 49.2 Å². The summed E-state index contributed by atoms with van der Waals surface area (Å²) in [7, 11) is 0. The molecular formula is C25H27N3O3. The highest BCUT2D eigenvalue weighted by Crippen LogP contribution is 2.33. The lowest BCUT2D eigenvalue weighted by Gasteiger charge is -2.39. The van der Waals surface area contributed by atoms with Gasteiger partial charge in [-0.15, -0.1) is 0 Å². The summed E-state index contributed by atoms with van der Waals surface area (Å²) >= 11 is 0. The number of nitrogens with one attached hydrogen (secondary N) is 1. The van der Waals surface area contributed by atoms with Gasteiger partial charge in [0, 0.05) is 53.9 Å². The molecule has 160 valence electrons. The van der Waals surface area contributed by atoms with Crippen molar-refractivity contribution >= 4 is 21.8 Å². The van der Waals surface area contributed by atoms with Crippen molar-refractivity contribution in [3.05, 3.63) is 72.6 Å². The summed E-state index contributed by atoms with van der Waals surface area (Å²) in [6.07, 6.45) is 4.34. The Morgan fingerprint density at radius 3 is 2.77 bits per heavy atom. The molecule has 6 heteroatoms. The van der Waals surface area contributed by atoms with Gasteiger partial charge < -0.3 is 24.8 Å². The number of piperidine rings is 1. The first-order chi connectivity index (χ1) is 15.1. The first-order valence-corrected chi connectivity index (χ1v) is 10.8. The number of β-amino-alcohol motifs (C(OH)–C–C–N with tert-alkyl or cyclic N) is 1. The van der Waals surface area contributed by atoms with E-state index in [9.17, 15) is 10.2 Å². The van der Waals surface area contributed by atoms with Crippen LogP contribution in [0.3, 0.4) is 0 Å². The molecule has 0 saturated carbocycles. The average Bonchev–Trinajstić information content (AvgIpc) is 3.27. The van der Waals surface area contributed by atoms with Crippen molar-refractivity contribution in [3.8, 4) is 5.75 Å². The van der Waals surface area contributed by atoms with E-state index < -0.39 is 11.7 Å². The molecule has 1 atom stereocenters. The molecule has 1 fully saturated rings. The Bertz CT molecular complexity index is 1180. The molecule has 6 nitrogen and oxygen atoms in total. The van der Waals surface area contributed by atoms with Crippen molar-refractivity contribution in [2.24, 2.45) is 0 Å². The Hall–Kier alpha value is -2.93. The molecule has 2 aromatic heterocycles. The molecule has 3 heterocycles. The fourth-order valence-corrected chi connectivity index (χ4v) is 4.38. The largest absolute Gasteiger partial charge is 0.491 e. The van der Waals surface area contributed by atoms with Crippen LogP contribution >= 0.6 is 0 Å². The fraction of sp³-hybridized carbons (Fsp3) is 0.320. The molecule has 0 radical (unpaired) electrons. The number of hydrogen-bond donors (Lipinski definition) is 3. The standard InChI is InChI=1S/C25H27N3O3/c29-21(17-31-22-5-6-24-19(14-22)7-10-26-24)16-28-11-8-25(30,9-12-28)20-13-18-3-1-2-4-23(18)27-15-20/h1-7,10,13-15,21,26,29-30H,8-9,11-12,16-17H2/t21-/m1/s1. The number of aromatic amines is 1. The van der Waals surface area contributed by atoms with Crippen LogP contribution < -0.4 is 4.74 Å². The number of aliphatic hydroxyl groups excluding tert-OH is 1. The van der Waals surface area contributed by atoms with Crippen LogP contribution in [-0.4, -0.2) is 57.4 Å². The molecular weight excluding hydrogens is 390 g/mol. The molecule has 0 unspecified atom stereocenters. The predicted octanol–water partition coefficient (Wildman–Crippen LogP) is 3.44. The minimum atomic E-state index is -0.874. The Balaban J connectivity index is 1.15. The molecule has 2 aromatic carbocycles. The van der Waals surface area contributed by atoms with E-state index in [1.165, 1.54) is 0 Å². The highest BCUT2D eigenvalue weighted by atomic mass is 16.5. The second-order valence-electron chi connectivity index (χ2n) is 8.44. The first-order valence-electron chi connectivity index (χ1n) is 10.8. The van der Waals surface area contributed by atoms with Crippen molar-refractivity contribution in [2.45, 2.75) is 24.5 Å². The zero-order chi connectivity index (χ0) is 21.3. The molecule has 0 amide bonds. The summed E-state index contributed by atoms with van der Waals surface area (Å²) in [5.41, 5.74) is 2.00. The summed E-state index contributed by atoms with van der Waals surface area (Å²) in [6.45, 7) is 2.20. The Morgan fingerprint density at radius 2 is 1.90 bits per heavy atom. The van der Waals surface area contributed by atoms with Crippen molar-refractivity contribution in [1.82, 2.24) is 14.9 Å². The lowest BCUT2D eigenvalue weighted by molar-refractivity contribution is -0.0373. The minimum absolute atomic E-state index is 0.241. The highest BCUT2D eigenvalue weighted by Gasteiger charge is 2.34. The number of H-pyrrole nitrogens is 1. The number of aliphatic hydroxyl groups is 2. The SMILES string of the molecule is O[C@@H](COc1ccc2[nH]ccc2c1)CN1CCC(O)(c2cnc3ccccc3c2)CC1. The number of para-hydroxylation sites is 1. The van der Waals surface area contributed by atoms with E-state index in [0.717, 1.165) is 46.2 Å². The van der Waals surface area contributed by atoms with Gasteiger partial charge in [0.2, 0.25) is 0 Å². The van der Waals surface area contributed by atoms with Gasteiger partial charge in [-0.25, -0.2) is 0 Å². The smallest absolute Gasteiger partial charge is 0.120 e. The topological polar surface area (TPSA) is 81.6 Å². The molecule has 1 aliphatic rings. The second kappa shape index (κ2) is 8.30. The maximum Gasteiger partial charge on any atom is 0.120 e. The van der Waals surface area contributed by atoms with E-state index >= 15 is 0 Å². The van der Waals surface area contributed by atoms with Gasteiger partial charge in [-0.2, -0.15) is 0 Å². The average molecular weight is 418 g/mol. The number of rotatable bonds is 6. The Morgan fingerprint density at radius 1 is 1.06 bits per heavy atom. The number of ether oxygens (including phenoxy) is 1. The number of pyridine rings is 1. The third-order valence-electron chi connectivity index (χ3n) is 6.25. The van der Waals surface area contributed by atoms with Gasteiger partial charge in [0.1, 0.15) is 18.5 Å². The van der Waals surface area contributed by atoms with Crippen molar-refractivity contribution < 1.29 is 14.9 Å². The molecule has 0 bridgehead atoms. The van der Waals surface area contributed by atoms with Crippen LogP contribution in [0.4, 0.5) is 0 Å². The lowest BCUT2D eigenvalue weighted by Crippen LogP contribution is -2.46. The van der Waals surface area contributed by atoms with Gasteiger partial charge in [-0.1, -0.05) is 18.2 Å². The number of hydrogen-bond acceptors (Lipinski definition) is 5. The Kier molecular flexibility index (Phi) is 5.36. The van der Waals surface area contributed by atoms with Crippen molar-refractivity contribution in [3.63, 3.8) is 0 Å². The number of likely N-dealkylation sites (tertiary alicyclic amines) is 1. The van der Waals surface area contributed by atoms with Gasteiger partial charge in [0.15, 0.2) is 0 Å². The predicted molar refractivity (Wildman–Crippen MR) is 121 cm³/mol. The first kappa shape index (κ1) is 20.0. The van der Waals surface area contributed by atoms with Crippen LogP contribution in [0.5, 0.6) is 5.75 Å². The summed E-state index contributed by atoms with van der Waals surface area (Å²) in [5, 5.41) is 23.8. The lowest BCUT2D eigenvalue weighted by atomic mass is 9.84. The van der Waals surface area contributed by atoms with E-state index in [-0.39, 0.29) is 6.61 Å². The number of nitrogens with zero attached hydrogens (tertiary/aromatic N) is 2. The van der Waals surface area contributed by atoms with Crippen molar-refractivity contribution in [1.29, 1.82) is 0 Å². The van der Waals surface area contributed by atoms with Crippen molar-refractivity contribution in [2.75, 3.05) is 26.2 Å². The van der Waals surface area contributed by atoms with Gasteiger partial charge in [-0.3, -0.25) is 4.98 Å². The summed E-state index contributed by atoms with van der Waals surface area (Å²) in [5.74, 6) is 0.753. The summed E-state index contributed by atoms with van der Waals surface area (Å²) < 4.78 is 5.79. The molecule has 0 aliphatic carbocycles. The molecule has 3 N–H and O–H groups in total. The van der Waals surface area contributed by atoms with Gasteiger partial charge in [0.05, 0.1) is 11.1 Å². The minimum Gasteiger partial charge on any atom is -0.491 e. The quantitative estimate of drug-likeness (QED) is 0.448. The normalized spacial score (nSPS) is 17.7. The third kappa shape index (κ3) is 4.28. The summed E-state index contributed by atoms with van der Waals surface area (Å²) in [6, 6.07) is 17.8. The number of fused-ring (bicyclic) bond motifs is 2. The van der Waals surface area contributed by atoms with E-state index in [1.807, 2.05) is 60.8 Å².